The molecule has 0 atom stereocenters. The Morgan fingerprint density at radius 2 is 1.74 bits per heavy atom. The standard InChI is InChI=1S/C17H15ClFNO3/c1-17(2,16(22)23)20(12-8-9-14(19)13(18)10-12)15(21)11-6-4-3-5-7-11/h3-10H,1-2H3,(H,22,23). The number of amides is 1. The average Bonchev–Trinajstić information content (AvgIpc) is 2.51. The molecule has 0 aromatic heterocycles. The molecular weight excluding hydrogens is 321 g/mol. The van der Waals surface area contributed by atoms with Crippen LogP contribution in [0.5, 0.6) is 0 Å². The lowest BCUT2D eigenvalue weighted by Crippen LogP contribution is -2.53. The molecule has 0 aliphatic heterocycles. The summed E-state index contributed by atoms with van der Waals surface area (Å²) >= 11 is 5.78. The number of carbonyl (C=O) groups excluding carboxylic acids is 1. The van der Waals surface area contributed by atoms with E-state index in [1.54, 1.807) is 30.3 Å². The van der Waals surface area contributed by atoms with Crippen LogP contribution in [0.1, 0.15) is 24.2 Å². The first-order valence-electron chi connectivity index (χ1n) is 6.83. The van der Waals surface area contributed by atoms with Crippen molar-refractivity contribution in [3.05, 3.63) is 64.9 Å². The molecule has 0 unspecified atom stereocenters. The zero-order chi connectivity index (χ0) is 17.2. The van der Waals surface area contributed by atoms with Gasteiger partial charge in [-0.15, -0.1) is 0 Å². The first-order chi connectivity index (χ1) is 10.7. The van der Waals surface area contributed by atoms with Crippen LogP contribution in [0.25, 0.3) is 0 Å². The molecule has 0 aliphatic rings. The summed E-state index contributed by atoms with van der Waals surface area (Å²) in [7, 11) is 0. The van der Waals surface area contributed by atoms with Crippen LogP contribution in [0.3, 0.4) is 0 Å². The predicted octanol–water partition coefficient (Wildman–Crippen LogP) is 3.99. The summed E-state index contributed by atoms with van der Waals surface area (Å²) in [4.78, 5) is 25.5. The van der Waals surface area contributed by atoms with Crippen molar-refractivity contribution < 1.29 is 19.1 Å². The van der Waals surface area contributed by atoms with Crippen molar-refractivity contribution in [3.8, 4) is 0 Å². The van der Waals surface area contributed by atoms with E-state index in [-0.39, 0.29) is 10.7 Å². The van der Waals surface area contributed by atoms with E-state index in [4.69, 9.17) is 11.6 Å². The Morgan fingerprint density at radius 1 is 1.13 bits per heavy atom. The number of hydrogen-bond acceptors (Lipinski definition) is 2. The summed E-state index contributed by atoms with van der Waals surface area (Å²) in [6.07, 6.45) is 0. The lowest BCUT2D eigenvalue weighted by atomic mass is 10.00. The molecule has 1 N–H and O–H groups in total. The Balaban J connectivity index is 2.59. The number of carboxylic acids is 1. The van der Waals surface area contributed by atoms with Crippen LogP contribution in [0, 0.1) is 5.82 Å². The summed E-state index contributed by atoms with van der Waals surface area (Å²) in [6.45, 7) is 2.79. The molecule has 0 heterocycles. The zero-order valence-corrected chi connectivity index (χ0v) is 13.3. The number of rotatable bonds is 4. The fourth-order valence-electron chi connectivity index (χ4n) is 2.12. The Labute approximate surface area is 138 Å². The van der Waals surface area contributed by atoms with E-state index in [1.807, 2.05) is 0 Å². The molecule has 0 aliphatic carbocycles. The molecule has 23 heavy (non-hydrogen) atoms. The molecule has 2 rings (SSSR count). The van der Waals surface area contributed by atoms with E-state index < -0.39 is 23.2 Å². The number of anilines is 1. The molecule has 2 aromatic carbocycles. The third-order valence-electron chi connectivity index (χ3n) is 3.47. The highest BCUT2D eigenvalue weighted by Crippen LogP contribution is 2.30. The van der Waals surface area contributed by atoms with Crippen LogP contribution >= 0.6 is 11.6 Å². The highest BCUT2D eigenvalue weighted by atomic mass is 35.5. The summed E-state index contributed by atoms with van der Waals surface area (Å²) in [5.41, 5.74) is -1.02. The highest BCUT2D eigenvalue weighted by molar-refractivity contribution is 6.31. The molecular formula is C17H15ClFNO3. The maximum absolute atomic E-state index is 13.4. The molecule has 120 valence electrons. The second-order valence-corrected chi connectivity index (χ2v) is 5.88. The van der Waals surface area contributed by atoms with Gasteiger partial charge in [-0.3, -0.25) is 9.69 Å². The molecule has 4 nitrogen and oxygen atoms in total. The molecule has 0 saturated heterocycles. The lowest BCUT2D eigenvalue weighted by Gasteiger charge is -2.35. The van der Waals surface area contributed by atoms with Gasteiger partial charge < -0.3 is 5.11 Å². The van der Waals surface area contributed by atoms with Gasteiger partial charge >= 0.3 is 5.97 Å². The van der Waals surface area contributed by atoms with Crippen LogP contribution in [0.4, 0.5) is 10.1 Å². The minimum atomic E-state index is -1.55. The summed E-state index contributed by atoms with van der Waals surface area (Å²) in [6, 6.07) is 11.9. The van der Waals surface area contributed by atoms with Gasteiger partial charge in [0, 0.05) is 11.3 Å². The number of carboxylic acid groups (broad SMARTS) is 1. The number of halogens is 2. The van der Waals surface area contributed by atoms with Gasteiger partial charge in [-0.2, -0.15) is 0 Å². The summed E-state index contributed by atoms with van der Waals surface area (Å²) in [5, 5.41) is 9.31. The van der Waals surface area contributed by atoms with Crippen molar-refractivity contribution in [1.82, 2.24) is 0 Å². The molecule has 1 amide bonds. The van der Waals surface area contributed by atoms with Crippen LogP contribution in [-0.4, -0.2) is 22.5 Å². The fourth-order valence-corrected chi connectivity index (χ4v) is 2.30. The Bertz CT molecular complexity index is 747. The number of benzene rings is 2. The van der Waals surface area contributed by atoms with Crippen molar-refractivity contribution in [3.63, 3.8) is 0 Å². The maximum Gasteiger partial charge on any atom is 0.329 e. The number of carbonyl (C=O) groups is 2. The van der Waals surface area contributed by atoms with E-state index in [0.717, 1.165) is 11.0 Å². The minimum Gasteiger partial charge on any atom is -0.480 e. The predicted molar refractivity (Wildman–Crippen MR) is 86.4 cm³/mol. The van der Waals surface area contributed by atoms with E-state index in [9.17, 15) is 19.1 Å². The first kappa shape index (κ1) is 17.0. The molecule has 0 saturated carbocycles. The van der Waals surface area contributed by atoms with E-state index >= 15 is 0 Å². The Kier molecular flexibility index (Phi) is 4.71. The molecule has 0 fully saturated rings. The van der Waals surface area contributed by atoms with Crippen molar-refractivity contribution in [2.24, 2.45) is 0 Å². The van der Waals surface area contributed by atoms with Crippen LogP contribution in [-0.2, 0) is 4.79 Å². The average molecular weight is 336 g/mol. The third-order valence-corrected chi connectivity index (χ3v) is 3.76. The number of aliphatic carboxylic acids is 1. The molecule has 2 aromatic rings. The van der Waals surface area contributed by atoms with Crippen molar-refractivity contribution in [2.75, 3.05) is 4.90 Å². The summed E-state index contributed by atoms with van der Waals surface area (Å²) in [5.74, 6) is -2.35. The monoisotopic (exact) mass is 335 g/mol. The summed E-state index contributed by atoms with van der Waals surface area (Å²) < 4.78 is 13.4. The molecule has 0 spiro atoms. The molecule has 0 bridgehead atoms. The van der Waals surface area contributed by atoms with Gasteiger partial charge in [-0.1, -0.05) is 29.8 Å². The van der Waals surface area contributed by atoms with Crippen molar-refractivity contribution in [2.45, 2.75) is 19.4 Å². The van der Waals surface area contributed by atoms with Crippen LogP contribution < -0.4 is 4.90 Å². The first-order valence-corrected chi connectivity index (χ1v) is 7.21. The topological polar surface area (TPSA) is 57.6 Å². The maximum atomic E-state index is 13.4. The van der Waals surface area contributed by atoms with Gasteiger partial charge in [-0.05, 0) is 44.2 Å². The van der Waals surface area contributed by atoms with Crippen LogP contribution in [0.2, 0.25) is 5.02 Å². The SMILES string of the molecule is CC(C)(C(=O)O)N(C(=O)c1ccccc1)c1ccc(F)c(Cl)c1. The van der Waals surface area contributed by atoms with Crippen molar-refractivity contribution >= 4 is 29.2 Å². The Morgan fingerprint density at radius 3 is 2.26 bits per heavy atom. The van der Waals surface area contributed by atoms with Crippen LogP contribution in [0.15, 0.2) is 48.5 Å². The number of hydrogen-bond donors (Lipinski definition) is 1. The normalized spacial score (nSPS) is 11.1. The van der Waals surface area contributed by atoms with Gasteiger partial charge in [0.2, 0.25) is 0 Å². The lowest BCUT2D eigenvalue weighted by molar-refractivity contribution is -0.141. The van der Waals surface area contributed by atoms with E-state index in [2.05, 4.69) is 0 Å². The van der Waals surface area contributed by atoms with Gasteiger partial charge in [0.25, 0.3) is 5.91 Å². The minimum absolute atomic E-state index is 0.186. The zero-order valence-electron chi connectivity index (χ0n) is 12.6. The van der Waals surface area contributed by atoms with Gasteiger partial charge in [0.05, 0.1) is 5.02 Å². The number of nitrogens with zero attached hydrogens (tertiary/aromatic N) is 1. The van der Waals surface area contributed by atoms with Crippen molar-refractivity contribution in [1.29, 1.82) is 0 Å². The highest BCUT2D eigenvalue weighted by Gasteiger charge is 2.39. The van der Waals surface area contributed by atoms with Gasteiger partial charge in [-0.25, -0.2) is 9.18 Å². The van der Waals surface area contributed by atoms with E-state index in [1.165, 1.54) is 26.0 Å². The fraction of sp³-hybridized carbons (Fsp3) is 0.176. The van der Waals surface area contributed by atoms with Gasteiger partial charge in [0.15, 0.2) is 0 Å². The molecule has 0 radical (unpaired) electrons. The molecule has 6 heteroatoms. The Hall–Kier alpha value is -2.40. The quantitative estimate of drug-likeness (QED) is 0.919. The smallest absolute Gasteiger partial charge is 0.329 e. The van der Waals surface area contributed by atoms with Gasteiger partial charge in [0.1, 0.15) is 11.4 Å². The largest absolute Gasteiger partial charge is 0.480 e. The van der Waals surface area contributed by atoms with E-state index in [0.29, 0.717) is 5.56 Å². The second kappa shape index (κ2) is 6.38. The second-order valence-electron chi connectivity index (χ2n) is 5.47. The third kappa shape index (κ3) is 3.35.